The zero-order valence-electron chi connectivity index (χ0n) is 11.2. The third-order valence-corrected chi connectivity index (χ3v) is 6.40. The number of nitrogens with two attached hydrogens (primary N) is 1. The lowest BCUT2D eigenvalue weighted by Crippen LogP contribution is -2.51. The Morgan fingerprint density at radius 2 is 2.15 bits per heavy atom. The molecule has 2 atom stereocenters. The van der Waals surface area contributed by atoms with Crippen LogP contribution in [0.25, 0.3) is 0 Å². The Balaban J connectivity index is 2.44. The standard InChI is InChI=1S/C13H18BrFN2O2S/c1-9-3-2-4-10(8-16)17(9)20(18,19)11-5-6-12(14)13(15)7-11/h5-7,9-10H,2-4,8,16H2,1H3. The number of sulfonamides is 1. The molecule has 0 saturated carbocycles. The molecular formula is C13H18BrFN2O2S. The second-order valence-corrected chi connectivity index (χ2v) is 7.78. The highest BCUT2D eigenvalue weighted by molar-refractivity contribution is 9.10. The van der Waals surface area contributed by atoms with Crippen LogP contribution in [0.4, 0.5) is 4.39 Å². The van der Waals surface area contributed by atoms with Gasteiger partial charge in [-0.05, 0) is 53.9 Å². The Bertz CT molecular complexity index is 594. The van der Waals surface area contributed by atoms with Crippen molar-refractivity contribution in [1.29, 1.82) is 0 Å². The van der Waals surface area contributed by atoms with Gasteiger partial charge in [-0.15, -0.1) is 0 Å². The highest BCUT2D eigenvalue weighted by atomic mass is 79.9. The molecule has 1 aromatic carbocycles. The smallest absolute Gasteiger partial charge is 0.243 e. The lowest BCUT2D eigenvalue weighted by Gasteiger charge is -2.38. The van der Waals surface area contributed by atoms with Crippen LogP contribution in [0.3, 0.4) is 0 Å². The molecule has 7 heteroatoms. The second-order valence-electron chi connectivity index (χ2n) is 5.08. The molecule has 2 unspecified atom stereocenters. The summed E-state index contributed by atoms with van der Waals surface area (Å²) in [6.45, 7) is 2.15. The molecule has 0 aliphatic carbocycles. The summed E-state index contributed by atoms with van der Waals surface area (Å²) in [7, 11) is -3.72. The van der Waals surface area contributed by atoms with Gasteiger partial charge in [0.25, 0.3) is 0 Å². The average molecular weight is 365 g/mol. The van der Waals surface area contributed by atoms with Crippen LogP contribution in [0.2, 0.25) is 0 Å². The highest BCUT2D eigenvalue weighted by Gasteiger charge is 2.37. The molecule has 0 radical (unpaired) electrons. The van der Waals surface area contributed by atoms with E-state index in [4.69, 9.17) is 5.73 Å². The molecule has 0 bridgehead atoms. The lowest BCUT2D eigenvalue weighted by molar-refractivity contribution is 0.196. The summed E-state index contributed by atoms with van der Waals surface area (Å²) >= 11 is 3.03. The maximum absolute atomic E-state index is 13.6. The predicted octanol–water partition coefficient (Wildman–Crippen LogP) is 2.48. The molecule has 2 N–H and O–H groups in total. The summed E-state index contributed by atoms with van der Waals surface area (Å²) in [6.07, 6.45) is 2.51. The summed E-state index contributed by atoms with van der Waals surface area (Å²) < 4.78 is 40.7. The third-order valence-electron chi connectivity index (χ3n) is 3.69. The van der Waals surface area contributed by atoms with Crippen LogP contribution in [0.15, 0.2) is 27.6 Å². The topological polar surface area (TPSA) is 63.4 Å². The first-order valence-electron chi connectivity index (χ1n) is 6.56. The molecule has 2 rings (SSSR count). The van der Waals surface area contributed by atoms with Gasteiger partial charge in [-0.1, -0.05) is 6.42 Å². The second kappa shape index (κ2) is 6.09. The number of hydrogen-bond donors (Lipinski definition) is 1. The number of halogens is 2. The molecule has 1 aliphatic heterocycles. The van der Waals surface area contributed by atoms with Crippen molar-refractivity contribution in [3.63, 3.8) is 0 Å². The van der Waals surface area contributed by atoms with E-state index in [0.29, 0.717) is 0 Å². The van der Waals surface area contributed by atoms with Crippen LogP contribution >= 0.6 is 15.9 Å². The zero-order valence-corrected chi connectivity index (χ0v) is 13.6. The van der Waals surface area contributed by atoms with E-state index in [1.165, 1.54) is 16.4 Å². The van der Waals surface area contributed by atoms with Crippen molar-refractivity contribution < 1.29 is 12.8 Å². The fraction of sp³-hybridized carbons (Fsp3) is 0.538. The minimum Gasteiger partial charge on any atom is -0.329 e. The number of rotatable bonds is 3. The van der Waals surface area contributed by atoms with Crippen LogP contribution in [-0.4, -0.2) is 31.4 Å². The van der Waals surface area contributed by atoms with E-state index < -0.39 is 15.8 Å². The Hall–Kier alpha value is -0.500. The van der Waals surface area contributed by atoms with Crippen LogP contribution in [0.5, 0.6) is 0 Å². The van der Waals surface area contributed by atoms with Gasteiger partial charge in [-0.3, -0.25) is 0 Å². The first kappa shape index (κ1) is 15.9. The molecule has 0 aromatic heterocycles. The van der Waals surface area contributed by atoms with E-state index >= 15 is 0 Å². The van der Waals surface area contributed by atoms with Crippen LogP contribution in [0, 0.1) is 5.82 Å². The van der Waals surface area contributed by atoms with Crippen molar-refractivity contribution in [3.8, 4) is 0 Å². The van der Waals surface area contributed by atoms with Crippen LogP contribution in [0.1, 0.15) is 26.2 Å². The first-order valence-corrected chi connectivity index (χ1v) is 8.80. The van der Waals surface area contributed by atoms with Gasteiger partial charge >= 0.3 is 0 Å². The zero-order chi connectivity index (χ0) is 14.9. The molecule has 1 fully saturated rings. The molecule has 1 aliphatic rings. The Morgan fingerprint density at radius 3 is 2.75 bits per heavy atom. The van der Waals surface area contributed by atoms with E-state index in [-0.39, 0.29) is 28.0 Å². The normalized spacial score (nSPS) is 24.8. The van der Waals surface area contributed by atoms with Gasteiger partial charge in [-0.25, -0.2) is 12.8 Å². The van der Waals surface area contributed by atoms with Gasteiger partial charge < -0.3 is 5.73 Å². The van der Waals surface area contributed by atoms with Gasteiger partial charge in [0.15, 0.2) is 0 Å². The van der Waals surface area contributed by atoms with Crippen molar-refractivity contribution in [2.45, 2.75) is 43.2 Å². The van der Waals surface area contributed by atoms with Gasteiger partial charge in [0, 0.05) is 18.6 Å². The van der Waals surface area contributed by atoms with Crippen LogP contribution < -0.4 is 5.73 Å². The maximum atomic E-state index is 13.6. The quantitative estimate of drug-likeness (QED) is 0.895. The summed E-state index contributed by atoms with van der Waals surface area (Å²) in [5.41, 5.74) is 5.70. The van der Waals surface area contributed by atoms with Crippen molar-refractivity contribution in [3.05, 3.63) is 28.5 Å². The molecule has 0 spiro atoms. The number of nitrogens with zero attached hydrogens (tertiary/aromatic N) is 1. The van der Waals surface area contributed by atoms with E-state index in [1.54, 1.807) is 0 Å². The molecule has 20 heavy (non-hydrogen) atoms. The maximum Gasteiger partial charge on any atom is 0.243 e. The fourth-order valence-electron chi connectivity index (χ4n) is 2.68. The predicted molar refractivity (Wildman–Crippen MR) is 79.3 cm³/mol. The fourth-order valence-corrected chi connectivity index (χ4v) is 4.82. The Kier molecular flexibility index (Phi) is 4.84. The van der Waals surface area contributed by atoms with E-state index in [0.717, 1.165) is 25.3 Å². The van der Waals surface area contributed by atoms with E-state index in [1.807, 2.05) is 6.92 Å². The van der Waals surface area contributed by atoms with Gasteiger partial charge in [0.05, 0.1) is 9.37 Å². The molecule has 1 aromatic rings. The molecule has 1 saturated heterocycles. The number of hydrogen-bond acceptors (Lipinski definition) is 3. The average Bonchev–Trinajstić information content (AvgIpc) is 2.41. The molecule has 1 heterocycles. The summed E-state index contributed by atoms with van der Waals surface area (Å²) in [6, 6.07) is 3.55. The molecule has 0 amide bonds. The van der Waals surface area contributed by atoms with Gasteiger partial charge in [0.2, 0.25) is 10.0 Å². The summed E-state index contributed by atoms with van der Waals surface area (Å²) in [5.74, 6) is -0.583. The van der Waals surface area contributed by atoms with Crippen molar-refractivity contribution >= 4 is 26.0 Å². The third kappa shape index (κ3) is 2.90. The number of benzene rings is 1. The lowest BCUT2D eigenvalue weighted by atomic mass is 10.00. The minimum absolute atomic E-state index is 0.0228. The van der Waals surface area contributed by atoms with Gasteiger partial charge in [0.1, 0.15) is 5.82 Å². The first-order chi connectivity index (χ1) is 9.37. The largest absolute Gasteiger partial charge is 0.329 e. The van der Waals surface area contributed by atoms with E-state index in [9.17, 15) is 12.8 Å². The van der Waals surface area contributed by atoms with Gasteiger partial charge in [-0.2, -0.15) is 4.31 Å². The summed E-state index contributed by atoms with van der Waals surface area (Å²) in [5, 5.41) is 0. The van der Waals surface area contributed by atoms with Crippen LogP contribution in [-0.2, 0) is 10.0 Å². The van der Waals surface area contributed by atoms with Crippen molar-refractivity contribution in [2.75, 3.05) is 6.54 Å². The molecule has 112 valence electrons. The Morgan fingerprint density at radius 1 is 1.45 bits per heavy atom. The molecule has 4 nitrogen and oxygen atoms in total. The highest BCUT2D eigenvalue weighted by Crippen LogP contribution is 2.30. The van der Waals surface area contributed by atoms with E-state index in [2.05, 4.69) is 15.9 Å². The summed E-state index contributed by atoms with van der Waals surface area (Å²) in [4.78, 5) is -0.0228. The SMILES string of the molecule is CC1CCCC(CN)N1S(=O)(=O)c1ccc(Br)c(F)c1. The Labute approximate surface area is 127 Å². The minimum atomic E-state index is -3.72. The number of piperidine rings is 1. The van der Waals surface area contributed by atoms with Crippen molar-refractivity contribution in [1.82, 2.24) is 4.31 Å². The van der Waals surface area contributed by atoms with Crippen molar-refractivity contribution in [2.24, 2.45) is 5.73 Å². The monoisotopic (exact) mass is 364 g/mol. The molecular weight excluding hydrogens is 347 g/mol.